The molecule has 0 radical (unpaired) electrons. The van der Waals surface area contributed by atoms with E-state index in [1.54, 1.807) is 10.7 Å². The van der Waals surface area contributed by atoms with Crippen LogP contribution in [0.5, 0.6) is 0 Å². The molecule has 102 valence electrons. The third-order valence-corrected chi connectivity index (χ3v) is 3.56. The van der Waals surface area contributed by atoms with E-state index in [0.29, 0.717) is 23.6 Å². The first-order valence-corrected chi connectivity index (χ1v) is 6.49. The maximum absolute atomic E-state index is 13.6. The molecule has 0 bridgehead atoms. The van der Waals surface area contributed by atoms with E-state index in [1.165, 1.54) is 12.4 Å². The average molecular weight is 283 g/mol. The Morgan fingerprint density at radius 2 is 2.26 bits per heavy atom. The van der Waals surface area contributed by atoms with Gasteiger partial charge in [0.05, 0.1) is 22.6 Å². The highest BCUT2D eigenvalue weighted by Gasteiger charge is 2.18. The van der Waals surface area contributed by atoms with E-state index in [1.807, 2.05) is 13.8 Å². The van der Waals surface area contributed by atoms with E-state index in [4.69, 9.17) is 17.3 Å². The number of nitrogens with zero attached hydrogens (tertiary/aromatic N) is 3. The van der Waals surface area contributed by atoms with Gasteiger partial charge in [-0.25, -0.2) is 4.39 Å². The zero-order chi connectivity index (χ0) is 14.0. The van der Waals surface area contributed by atoms with E-state index < -0.39 is 11.9 Å². The molecule has 1 unspecified atom stereocenters. The first kappa shape index (κ1) is 14.0. The molecule has 0 aliphatic heterocycles. The standard InChI is InChI=1S/C13H16ClFN4/c1-3-19-12(13(14)8(2)18-19)6-11(16)9-4-5-17-7-10(9)15/h4-5,7,11H,3,6,16H2,1-2H3. The minimum absolute atomic E-state index is 0.398. The second-order valence-electron chi connectivity index (χ2n) is 4.37. The van der Waals surface area contributed by atoms with Crippen molar-refractivity contribution in [2.75, 3.05) is 0 Å². The molecule has 0 amide bonds. The van der Waals surface area contributed by atoms with Crippen LogP contribution in [-0.2, 0) is 13.0 Å². The molecule has 0 fully saturated rings. The fourth-order valence-electron chi connectivity index (χ4n) is 2.07. The van der Waals surface area contributed by atoms with Gasteiger partial charge in [-0.05, 0) is 19.9 Å². The average Bonchev–Trinajstić information content (AvgIpc) is 2.67. The molecular weight excluding hydrogens is 267 g/mol. The molecule has 0 spiro atoms. The molecule has 19 heavy (non-hydrogen) atoms. The number of halogens is 2. The molecule has 0 saturated carbocycles. The summed E-state index contributed by atoms with van der Waals surface area (Å²) in [5.74, 6) is -0.398. The predicted octanol–water partition coefficient (Wildman–Crippen LogP) is 2.64. The summed E-state index contributed by atoms with van der Waals surface area (Å²) in [6.07, 6.45) is 3.13. The van der Waals surface area contributed by atoms with Gasteiger partial charge in [-0.3, -0.25) is 9.67 Å². The van der Waals surface area contributed by atoms with Crippen LogP contribution in [0.4, 0.5) is 4.39 Å². The van der Waals surface area contributed by atoms with Crippen molar-refractivity contribution >= 4 is 11.6 Å². The number of aromatic nitrogens is 3. The van der Waals surface area contributed by atoms with Gasteiger partial charge in [0.25, 0.3) is 0 Å². The lowest BCUT2D eigenvalue weighted by Crippen LogP contribution is -2.17. The Morgan fingerprint density at radius 3 is 2.89 bits per heavy atom. The Balaban J connectivity index is 2.29. The first-order valence-electron chi connectivity index (χ1n) is 6.11. The second-order valence-corrected chi connectivity index (χ2v) is 4.75. The van der Waals surface area contributed by atoms with Crippen LogP contribution in [-0.4, -0.2) is 14.8 Å². The Labute approximate surface area is 116 Å². The van der Waals surface area contributed by atoms with E-state index >= 15 is 0 Å². The SMILES string of the molecule is CCn1nc(C)c(Cl)c1CC(N)c1ccncc1F. The molecule has 2 aromatic rings. The van der Waals surface area contributed by atoms with Crippen molar-refractivity contribution in [3.05, 3.63) is 46.3 Å². The van der Waals surface area contributed by atoms with Crippen LogP contribution in [0.2, 0.25) is 5.02 Å². The lowest BCUT2D eigenvalue weighted by molar-refractivity contribution is 0.552. The highest BCUT2D eigenvalue weighted by Crippen LogP contribution is 2.25. The predicted molar refractivity (Wildman–Crippen MR) is 72.5 cm³/mol. The highest BCUT2D eigenvalue weighted by atomic mass is 35.5. The third kappa shape index (κ3) is 2.77. The van der Waals surface area contributed by atoms with Gasteiger partial charge in [-0.1, -0.05) is 11.6 Å². The summed E-state index contributed by atoms with van der Waals surface area (Å²) in [7, 11) is 0. The summed E-state index contributed by atoms with van der Waals surface area (Å²) < 4.78 is 15.4. The molecule has 0 saturated heterocycles. The van der Waals surface area contributed by atoms with Crippen LogP contribution in [0.15, 0.2) is 18.5 Å². The quantitative estimate of drug-likeness (QED) is 0.938. The van der Waals surface area contributed by atoms with Crippen molar-refractivity contribution in [2.45, 2.75) is 32.9 Å². The maximum atomic E-state index is 13.6. The van der Waals surface area contributed by atoms with Crippen LogP contribution in [0.25, 0.3) is 0 Å². The lowest BCUT2D eigenvalue weighted by Gasteiger charge is -2.14. The van der Waals surface area contributed by atoms with Crippen LogP contribution >= 0.6 is 11.6 Å². The van der Waals surface area contributed by atoms with E-state index in [-0.39, 0.29) is 0 Å². The van der Waals surface area contributed by atoms with Gasteiger partial charge >= 0.3 is 0 Å². The summed E-state index contributed by atoms with van der Waals surface area (Å²) in [6.45, 7) is 4.52. The Kier molecular flexibility index (Phi) is 4.17. The van der Waals surface area contributed by atoms with Crippen molar-refractivity contribution in [3.8, 4) is 0 Å². The fraction of sp³-hybridized carbons (Fsp3) is 0.385. The van der Waals surface area contributed by atoms with Crippen LogP contribution in [0.3, 0.4) is 0 Å². The fourth-order valence-corrected chi connectivity index (χ4v) is 2.28. The summed E-state index contributed by atoms with van der Waals surface area (Å²) in [4.78, 5) is 3.72. The third-order valence-electron chi connectivity index (χ3n) is 3.07. The van der Waals surface area contributed by atoms with Gasteiger partial charge in [0.15, 0.2) is 0 Å². The number of pyridine rings is 1. The molecule has 2 aromatic heterocycles. The van der Waals surface area contributed by atoms with Crippen molar-refractivity contribution in [1.29, 1.82) is 0 Å². The van der Waals surface area contributed by atoms with Crippen molar-refractivity contribution < 1.29 is 4.39 Å². The summed E-state index contributed by atoms with van der Waals surface area (Å²) in [6, 6.07) is 1.12. The Morgan fingerprint density at radius 1 is 1.53 bits per heavy atom. The minimum atomic E-state index is -0.470. The monoisotopic (exact) mass is 282 g/mol. The van der Waals surface area contributed by atoms with Crippen LogP contribution in [0, 0.1) is 12.7 Å². The largest absolute Gasteiger partial charge is 0.324 e. The van der Waals surface area contributed by atoms with E-state index in [2.05, 4.69) is 10.1 Å². The second kappa shape index (κ2) is 5.67. The minimum Gasteiger partial charge on any atom is -0.324 e. The van der Waals surface area contributed by atoms with Crippen molar-refractivity contribution in [2.24, 2.45) is 5.73 Å². The smallest absolute Gasteiger partial charge is 0.146 e. The zero-order valence-corrected chi connectivity index (χ0v) is 11.7. The molecule has 0 aliphatic carbocycles. The van der Waals surface area contributed by atoms with Crippen molar-refractivity contribution in [1.82, 2.24) is 14.8 Å². The molecule has 0 aliphatic rings. The molecule has 0 aromatic carbocycles. The maximum Gasteiger partial charge on any atom is 0.146 e. The lowest BCUT2D eigenvalue weighted by atomic mass is 10.0. The van der Waals surface area contributed by atoms with Gasteiger partial charge in [0, 0.05) is 30.8 Å². The Bertz CT molecular complexity index is 582. The summed E-state index contributed by atoms with van der Waals surface area (Å²) in [5, 5.41) is 4.92. The topological polar surface area (TPSA) is 56.7 Å². The first-order chi connectivity index (χ1) is 9.04. The van der Waals surface area contributed by atoms with Gasteiger partial charge in [0.1, 0.15) is 5.82 Å². The summed E-state index contributed by atoms with van der Waals surface area (Å²) >= 11 is 6.22. The Hall–Kier alpha value is -1.46. The number of hydrogen-bond acceptors (Lipinski definition) is 3. The van der Waals surface area contributed by atoms with Crippen LogP contribution in [0.1, 0.15) is 29.9 Å². The number of rotatable bonds is 4. The normalized spacial score (nSPS) is 12.7. The number of hydrogen-bond donors (Lipinski definition) is 1. The van der Waals surface area contributed by atoms with E-state index in [0.717, 1.165) is 11.4 Å². The molecule has 4 nitrogen and oxygen atoms in total. The molecule has 6 heteroatoms. The van der Waals surface area contributed by atoms with Gasteiger partial charge in [-0.2, -0.15) is 5.10 Å². The molecule has 2 N–H and O–H groups in total. The van der Waals surface area contributed by atoms with Gasteiger partial charge in [0.2, 0.25) is 0 Å². The zero-order valence-electron chi connectivity index (χ0n) is 10.9. The van der Waals surface area contributed by atoms with E-state index in [9.17, 15) is 4.39 Å². The van der Waals surface area contributed by atoms with Gasteiger partial charge in [-0.15, -0.1) is 0 Å². The van der Waals surface area contributed by atoms with Gasteiger partial charge < -0.3 is 5.73 Å². The summed E-state index contributed by atoms with van der Waals surface area (Å²) in [5.41, 5.74) is 8.10. The van der Waals surface area contributed by atoms with Crippen LogP contribution < -0.4 is 5.73 Å². The van der Waals surface area contributed by atoms with Crippen molar-refractivity contribution in [3.63, 3.8) is 0 Å². The number of aryl methyl sites for hydroxylation is 2. The molecule has 2 rings (SSSR count). The molecular formula is C13H16ClFN4. The molecule has 1 atom stereocenters. The highest BCUT2D eigenvalue weighted by molar-refractivity contribution is 6.31. The number of nitrogens with two attached hydrogens (primary N) is 1. The molecule has 2 heterocycles.